The van der Waals surface area contributed by atoms with Crippen molar-refractivity contribution in [1.29, 1.82) is 0 Å². The molecular formula is C15H15BrN2O. The third-order valence-corrected chi connectivity index (χ3v) is 3.29. The molecule has 0 amide bonds. The van der Waals surface area contributed by atoms with Crippen molar-refractivity contribution in [3.63, 3.8) is 0 Å². The fourth-order valence-electron chi connectivity index (χ4n) is 1.73. The zero-order valence-electron chi connectivity index (χ0n) is 10.8. The van der Waals surface area contributed by atoms with Crippen LogP contribution in [0.1, 0.15) is 16.7 Å². The summed E-state index contributed by atoms with van der Waals surface area (Å²) in [4.78, 5) is 0. The summed E-state index contributed by atoms with van der Waals surface area (Å²) in [5.41, 5.74) is 6.53. The van der Waals surface area contributed by atoms with E-state index in [9.17, 15) is 5.11 Å². The Labute approximate surface area is 121 Å². The third kappa shape index (κ3) is 3.35. The average molecular weight is 319 g/mol. The molecule has 2 aromatic rings. The second kappa shape index (κ2) is 5.89. The minimum atomic E-state index is 0.249. The summed E-state index contributed by atoms with van der Waals surface area (Å²) < 4.78 is 0.917. The molecule has 0 saturated heterocycles. The number of aryl methyl sites for hydroxylation is 2. The number of rotatable bonds is 3. The van der Waals surface area contributed by atoms with Gasteiger partial charge in [0.2, 0.25) is 0 Å². The quantitative estimate of drug-likeness (QED) is 0.657. The first kappa shape index (κ1) is 13.6. The van der Waals surface area contributed by atoms with E-state index in [-0.39, 0.29) is 5.75 Å². The predicted octanol–water partition coefficient (Wildman–Crippen LogP) is 4.22. The Morgan fingerprint density at radius 1 is 1.16 bits per heavy atom. The van der Waals surface area contributed by atoms with Gasteiger partial charge in [-0.1, -0.05) is 34.1 Å². The number of phenolic OH excluding ortho intramolecular Hbond substituents is 1. The van der Waals surface area contributed by atoms with Gasteiger partial charge in [0.15, 0.2) is 0 Å². The van der Waals surface area contributed by atoms with Crippen LogP contribution < -0.4 is 5.43 Å². The summed E-state index contributed by atoms with van der Waals surface area (Å²) in [6.07, 6.45) is 1.61. The van der Waals surface area contributed by atoms with Crippen LogP contribution in [0.3, 0.4) is 0 Å². The lowest BCUT2D eigenvalue weighted by molar-refractivity contribution is 0.470. The molecule has 0 saturated carbocycles. The molecule has 2 aromatic carbocycles. The molecule has 2 N–H and O–H groups in total. The zero-order chi connectivity index (χ0) is 13.8. The van der Waals surface area contributed by atoms with E-state index in [0.29, 0.717) is 5.56 Å². The van der Waals surface area contributed by atoms with Gasteiger partial charge >= 0.3 is 0 Å². The zero-order valence-corrected chi connectivity index (χ0v) is 12.4. The van der Waals surface area contributed by atoms with Gasteiger partial charge in [-0.25, -0.2) is 0 Å². The van der Waals surface area contributed by atoms with E-state index in [2.05, 4.69) is 26.5 Å². The van der Waals surface area contributed by atoms with Crippen molar-refractivity contribution in [3.05, 3.63) is 57.6 Å². The number of hydrogen-bond donors (Lipinski definition) is 2. The van der Waals surface area contributed by atoms with Crippen molar-refractivity contribution < 1.29 is 5.11 Å². The molecule has 4 heteroatoms. The molecule has 0 unspecified atom stereocenters. The maximum Gasteiger partial charge on any atom is 0.127 e. The highest BCUT2D eigenvalue weighted by atomic mass is 79.9. The first-order valence-electron chi connectivity index (χ1n) is 5.92. The van der Waals surface area contributed by atoms with Crippen LogP contribution in [0.25, 0.3) is 0 Å². The van der Waals surface area contributed by atoms with Crippen LogP contribution in [0.4, 0.5) is 5.69 Å². The smallest absolute Gasteiger partial charge is 0.127 e. The van der Waals surface area contributed by atoms with E-state index in [0.717, 1.165) is 21.3 Å². The molecule has 0 bridgehead atoms. The number of hydrogen-bond acceptors (Lipinski definition) is 3. The van der Waals surface area contributed by atoms with Gasteiger partial charge in [-0.3, -0.25) is 5.43 Å². The Morgan fingerprint density at radius 3 is 2.63 bits per heavy atom. The van der Waals surface area contributed by atoms with Gasteiger partial charge in [-0.15, -0.1) is 0 Å². The Hall–Kier alpha value is -1.81. The lowest BCUT2D eigenvalue weighted by atomic mass is 10.1. The topological polar surface area (TPSA) is 44.6 Å². The largest absolute Gasteiger partial charge is 0.507 e. The van der Waals surface area contributed by atoms with Crippen molar-refractivity contribution in [2.75, 3.05) is 5.43 Å². The fourth-order valence-corrected chi connectivity index (χ4v) is 2.32. The van der Waals surface area contributed by atoms with E-state index in [1.807, 2.05) is 50.2 Å². The molecule has 0 aliphatic carbocycles. The first-order chi connectivity index (χ1) is 9.08. The van der Waals surface area contributed by atoms with Gasteiger partial charge in [-0.05, 0) is 43.2 Å². The number of benzene rings is 2. The number of anilines is 1. The minimum absolute atomic E-state index is 0.249. The number of para-hydroxylation sites is 1. The summed E-state index contributed by atoms with van der Waals surface area (Å²) in [6, 6.07) is 11.6. The van der Waals surface area contributed by atoms with Crippen LogP contribution in [0.2, 0.25) is 0 Å². The molecule has 0 aromatic heterocycles. The summed E-state index contributed by atoms with van der Waals surface area (Å²) in [6.45, 7) is 3.87. The SMILES string of the molecule is Cc1ccccc1N/N=C\c1cc(Br)cc(C)c1O. The normalized spacial score (nSPS) is 10.9. The molecule has 0 heterocycles. The van der Waals surface area contributed by atoms with E-state index in [1.165, 1.54) is 0 Å². The Bertz CT molecular complexity index is 624. The molecule has 0 radical (unpaired) electrons. The highest BCUT2D eigenvalue weighted by molar-refractivity contribution is 9.10. The van der Waals surface area contributed by atoms with Crippen LogP contribution in [-0.2, 0) is 0 Å². The number of hydrazone groups is 1. The standard InChI is InChI=1S/C15H15BrN2O/c1-10-5-3-4-6-14(10)18-17-9-12-8-13(16)7-11(2)15(12)19/h3-9,18-19H,1-2H3/b17-9-. The van der Waals surface area contributed by atoms with Gasteiger partial charge in [0, 0.05) is 10.0 Å². The van der Waals surface area contributed by atoms with Crippen molar-refractivity contribution in [2.45, 2.75) is 13.8 Å². The van der Waals surface area contributed by atoms with Crippen molar-refractivity contribution >= 4 is 27.8 Å². The van der Waals surface area contributed by atoms with Gasteiger partial charge < -0.3 is 5.11 Å². The molecule has 2 rings (SSSR count). The maximum atomic E-state index is 9.93. The van der Waals surface area contributed by atoms with Gasteiger partial charge in [0.1, 0.15) is 5.75 Å². The number of nitrogens with zero attached hydrogens (tertiary/aromatic N) is 1. The Balaban J connectivity index is 2.18. The van der Waals surface area contributed by atoms with Crippen LogP contribution in [-0.4, -0.2) is 11.3 Å². The number of phenols is 1. The first-order valence-corrected chi connectivity index (χ1v) is 6.71. The second-order valence-corrected chi connectivity index (χ2v) is 5.26. The molecule has 0 spiro atoms. The molecule has 0 aliphatic heterocycles. The number of nitrogens with one attached hydrogen (secondary N) is 1. The van der Waals surface area contributed by atoms with Crippen LogP contribution in [0, 0.1) is 13.8 Å². The van der Waals surface area contributed by atoms with Crippen LogP contribution in [0.5, 0.6) is 5.75 Å². The molecule has 3 nitrogen and oxygen atoms in total. The molecule has 19 heavy (non-hydrogen) atoms. The predicted molar refractivity (Wildman–Crippen MR) is 82.9 cm³/mol. The van der Waals surface area contributed by atoms with Crippen LogP contribution >= 0.6 is 15.9 Å². The highest BCUT2D eigenvalue weighted by Crippen LogP contribution is 2.25. The van der Waals surface area contributed by atoms with E-state index >= 15 is 0 Å². The van der Waals surface area contributed by atoms with Crippen molar-refractivity contribution in [3.8, 4) is 5.75 Å². The summed E-state index contributed by atoms with van der Waals surface area (Å²) >= 11 is 3.40. The average Bonchev–Trinajstić information content (AvgIpc) is 2.37. The van der Waals surface area contributed by atoms with E-state index < -0.39 is 0 Å². The maximum absolute atomic E-state index is 9.93. The molecule has 0 aliphatic rings. The van der Waals surface area contributed by atoms with Crippen LogP contribution in [0.15, 0.2) is 46.0 Å². The second-order valence-electron chi connectivity index (χ2n) is 4.35. The molecular weight excluding hydrogens is 304 g/mol. The van der Waals surface area contributed by atoms with E-state index in [4.69, 9.17) is 0 Å². The lowest BCUT2D eigenvalue weighted by Crippen LogP contribution is -1.93. The number of halogens is 1. The third-order valence-electron chi connectivity index (χ3n) is 2.83. The Morgan fingerprint density at radius 2 is 1.89 bits per heavy atom. The highest BCUT2D eigenvalue weighted by Gasteiger charge is 2.03. The van der Waals surface area contributed by atoms with Crippen molar-refractivity contribution in [1.82, 2.24) is 0 Å². The van der Waals surface area contributed by atoms with Crippen molar-refractivity contribution in [2.24, 2.45) is 5.10 Å². The molecule has 0 fully saturated rings. The minimum Gasteiger partial charge on any atom is -0.507 e. The van der Waals surface area contributed by atoms with Gasteiger partial charge in [-0.2, -0.15) is 5.10 Å². The number of aromatic hydroxyl groups is 1. The molecule has 0 atom stereocenters. The lowest BCUT2D eigenvalue weighted by Gasteiger charge is -2.05. The van der Waals surface area contributed by atoms with Gasteiger partial charge in [0.25, 0.3) is 0 Å². The van der Waals surface area contributed by atoms with Gasteiger partial charge in [0.05, 0.1) is 11.9 Å². The summed E-state index contributed by atoms with van der Waals surface area (Å²) in [5.74, 6) is 0.249. The Kier molecular flexibility index (Phi) is 4.22. The fraction of sp³-hybridized carbons (Fsp3) is 0.133. The summed E-state index contributed by atoms with van der Waals surface area (Å²) in [5, 5.41) is 14.1. The summed E-state index contributed by atoms with van der Waals surface area (Å²) in [7, 11) is 0. The molecule has 98 valence electrons. The monoisotopic (exact) mass is 318 g/mol. The van der Waals surface area contributed by atoms with E-state index in [1.54, 1.807) is 6.21 Å².